The average Bonchev–Trinajstić information content (AvgIpc) is 2.93. The van der Waals surface area contributed by atoms with Gasteiger partial charge in [-0.3, -0.25) is 0 Å². The molecule has 0 aromatic carbocycles. The molecule has 0 aromatic rings. The summed E-state index contributed by atoms with van der Waals surface area (Å²) in [7, 11) is 0. The highest BCUT2D eigenvalue weighted by molar-refractivity contribution is 6.17. The fraction of sp³-hybridized carbons (Fsp3) is 1.00. The van der Waals surface area contributed by atoms with Crippen molar-refractivity contribution in [3.05, 3.63) is 0 Å². The maximum atomic E-state index is 5.64. The quantitative estimate of drug-likeness (QED) is 0.0713. The van der Waals surface area contributed by atoms with E-state index in [0.29, 0.717) is 105 Å². The Hall–Kier alpha value is -0.0300. The molecule has 38 heavy (non-hydrogen) atoms. The van der Waals surface area contributed by atoms with Gasteiger partial charge in [0.05, 0.1) is 99.1 Å². The first-order valence-corrected chi connectivity index (χ1v) is 15.6. The van der Waals surface area contributed by atoms with Crippen molar-refractivity contribution in [2.75, 3.05) is 112 Å². The summed E-state index contributed by atoms with van der Waals surface area (Å²) in [5.41, 5.74) is 0. The molecular formula is C29H59ClO8. The summed E-state index contributed by atoms with van der Waals surface area (Å²) in [6.07, 6.45) is 14.9. The van der Waals surface area contributed by atoms with E-state index in [9.17, 15) is 0 Å². The monoisotopic (exact) mass is 570 g/mol. The molecule has 0 saturated carbocycles. The van der Waals surface area contributed by atoms with Gasteiger partial charge in [-0.05, 0) is 6.42 Å². The lowest BCUT2D eigenvalue weighted by atomic mass is 10.1. The van der Waals surface area contributed by atoms with Crippen molar-refractivity contribution in [2.24, 2.45) is 0 Å². The van der Waals surface area contributed by atoms with E-state index < -0.39 is 0 Å². The van der Waals surface area contributed by atoms with Crippen LogP contribution in [0.25, 0.3) is 0 Å². The SMILES string of the molecule is CCCCCCCCCCCCCOCCOCCOCCOCCOCCOCCOCCOCCCl. The number of rotatable bonds is 35. The van der Waals surface area contributed by atoms with E-state index in [0.717, 1.165) is 13.0 Å². The van der Waals surface area contributed by atoms with E-state index in [1.54, 1.807) is 0 Å². The van der Waals surface area contributed by atoms with Crippen LogP contribution in [0.15, 0.2) is 0 Å². The minimum atomic E-state index is 0.507. The number of halogens is 1. The molecule has 0 unspecified atom stereocenters. The van der Waals surface area contributed by atoms with Crippen LogP contribution >= 0.6 is 11.6 Å². The van der Waals surface area contributed by atoms with Crippen molar-refractivity contribution in [3.63, 3.8) is 0 Å². The third kappa shape index (κ3) is 36.0. The first-order valence-electron chi connectivity index (χ1n) is 15.1. The fourth-order valence-electron chi connectivity index (χ4n) is 3.56. The van der Waals surface area contributed by atoms with Crippen molar-refractivity contribution in [1.29, 1.82) is 0 Å². The van der Waals surface area contributed by atoms with Crippen LogP contribution in [0.1, 0.15) is 77.6 Å². The van der Waals surface area contributed by atoms with Gasteiger partial charge < -0.3 is 37.9 Å². The molecule has 0 fully saturated rings. The standard InChI is InChI=1S/C29H59ClO8/c1-2-3-4-5-6-7-8-9-10-11-12-14-31-16-18-33-20-22-35-24-26-37-28-29-38-27-25-36-23-21-34-19-17-32-15-13-30/h2-29H2,1H3. The summed E-state index contributed by atoms with van der Waals surface area (Å²) in [5, 5.41) is 0. The summed E-state index contributed by atoms with van der Waals surface area (Å²) in [6.45, 7) is 11.6. The Morgan fingerprint density at radius 3 is 0.816 bits per heavy atom. The predicted molar refractivity (Wildman–Crippen MR) is 154 cm³/mol. The van der Waals surface area contributed by atoms with Gasteiger partial charge in [0.2, 0.25) is 0 Å². The topological polar surface area (TPSA) is 73.8 Å². The largest absolute Gasteiger partial charge is 0.379 e. The van der Waals surface area contributed by atoms with Gasteiger partial charge in [-0.1, -0.05) is 71.1 Å². The molecule has 230 valence electrons. The van der Waals surface area contributed by atoms with Crippen molar-refractivity contribution in [2.45, 2.75) is 77.6 Å². The summed E-state index contributed by atoms with van der Waals surface area (Å²) >= 11 is 5.51. The second-order valence-corrected chi connectivity index (χ2v) is 9.50. The number of unbranched alkanes of at least 4 members (excludes halogenated alkanes) is 10. The highest BCUT2D eigenvalue weighted by Crippen LogP contribution is 2.11. The van der Waals surface area contributed by atoms with E-state index in [2.05, 4.69) is 6.92 Å². The van der Waals surface area contributed by atoms with Crippen LogP contribution in [-0.4, -0.2) is 112 Å². The maximum Gasteiger partial charge on any atom is 0.0701 e. The molecule has 0 bridgehead atoms. The zero-order chi connectivity index (χ0) is 27.5. The molecule has 0 rings (SSSR count). The molecular weight excluding hydrogens is 512 g/mol. The summed E-state index contributed by atoms with van der Waals surface area (Å²) in [5.74, 6) is 0.507. The Kier molecular flexibility index (Phi) is 36.9. The molecule has 0 aromatic heterocycles. The normalized spacial score (nSPS) is 11.5. The van der Waals surface area contributed by atoms with Crippen molar-refractivity contribution < 1.29 is 37.9 Å². The van der Waals surface area contributed by atoms with Crippen molar-refractivity contribution in [1.82, 2.24) is 0 Å². The Balaban J connectivity index is 3.01. The van der Waals surface area contributed by atoms with E-state index in [1.165, 1.54) is 64.2 Å². The van der Waals surface area contributed by atoms with Crippen LogP contribution in [0.2, 0.25) is 0 Å². The van der Waals surface area contributed by atoms with Crippen LogP contribution in [0.4, 0.5) is 0 Å². The highest BCUT2D eigenvalue weighted by atomic mass is 35.5. The summed E-state index contributed by atoms with van der Waals surface area (Å²) < 4.78 is 43.6. The minimum absolute atomic E-state index is 0.507. The molecule has 0 radical (unpaired) electrons. The molecule has 0 heterocycles. The lowest BCUT2D eigenvalue weighted by Gasteiger charge is -2.08. The summed E-state index contributed by atoms with van der Waals surface area (Å²) in [6, 6.07) is 0. The van der Waals surface area contributed by atoms with Crippen LogP contribution < -0.4 is 0 Å². The second kappa shape index (κ2) is 37.0. The van der Waals surface area contributed by atoms with E-state index in [4.69, 9.17) is 49.5 Å². The second-order valence-electron chi connectivity index (χ2n) is 9.12. The van der Waals surface area contributed by atoms with Crippen LogP contribution in [0.3, 0.4) is 0 Å². The Bertz CT molecular complexity index is 371. The predicted octanol–water partition coefficient (Wildman–Crippen LogP) is 5.67. The molecule has 8 nitrogen and oxygen atoms in total. The number of ether oxygens (including phenoxy) is 8. The summed E-state index contributed by atoms with van der Waals surface area (Å²) in [4.78, 5) is 0. The van der Waals surface area contributed by atoms with Gasteiger partial charge in [0.1, 0.15) is 0 Å². The molecule has 9 heteroatoms. The lowest BCUT2D eigenvalue weighted by Crippen LogP contribution is -2.15. The lowest BCUT2D eigenvalue weighted by molar-refractivity contribution is -0.0228. The minimum Gasteiger partial charge on any atom is -0.379 e. The molecule has 0 spiro atoms. The molecule has 0 N–H and O–H groups in total. The van der Waals surface area contributed by atoms with Gasteiger partial charge in [0, 0.05) is 12.5 Å². The van der Waals surface area contributed by atoms with Gasteiger partial charge in [-0.15, -0.1) is 11.6 Å². The fourth-order valence-corrected chi connectivity index (χ4v) is 3.67. The van der Waals surface area contributed by atoms with Crippen molar-refractivity contribution >= 4 is 11.6 Å². The molecule has 0 amide bonds. The van der Waals surface area contributed by atoms with Crippen molar-refractivity contribution in [3.8, 4) is 0 Å². The van der Waals surface area contributed by atoms with E-state index >= 15 is 0 Å². The number of hydrogen-bond acceptors (Lipinski definition) is 8. The van der Waals surface area contributed by atoms with Crippen LogP contribution in [-0.2, 0) is 37.9 Å². The smallest absolute Gasteiger partial charge is 0.0701 e. The number of alkyl halides is 1. The maximum absolute atomic E-state index is 5.64. The third-order valence-corrected chi connectivity index (χ3v) is 5.87. The number of hydrogen-bond donors (Lipinski definition) is 0. The zero-order valence-electron chi connectivity index (χ0n) is 24.4. The first kappa shape index (κ1) is 38.0. The van der Waals surface area contributed by atoms with E-state index in [-0.39, 0.29) is 0 Å². The van der Waals surface area contributed by atoms with Gasteiger partial charge in [0.25, 0.3) is 0 Å². The highest BCUT2D eigenvalue weighted by Gasteiger charge is 1.96. The van der Waals surface area contributed by atoms with E-state index in [1.807, 2.05) is 0 Å². The molecule has 0 atom stereocenters. The molecule has 0 aliphatic heterocycles. The van der Waals surface area contributed by atoms with Gasteiger partial charge in [-0.25, -0.2) is 0 Å². The van der Waals surface area contributed by atoms with Gasteiger partial charge >= 0.3 is 0 Å². The Labute approximate surface area is 238 Å². The van der Waals surface area contributed by atoms with Crippen LogP contribution in [0, 0.1) is 0 Å². The Morgan fingerprint density at radius 2 is 0.526 bits per heavy atom. The molecule has 0 aliphatic carbocycles. The van der Waals surface area contributed by atoms with Gasteiger partial charge in [0.15, 0.2) is 0 Å². The molecule has 0 aliphatic rings. The average molecular weight is 571 g/mol. The molecule has 0 saturated heterocycles. The van der Waals surface area contributed by atoms with Gasteiger partial charge in [-0.2, -0.15) is 0 Å². The zero-order valence-corrected chi connectivity index (χ0v) is 25.2. The Morgan fingerprint density at radius 1 is 0.289 bits per heavy atom. The third-order valence-electron chi connectivity index (χ3n) is 5.72. The first-order chi connectivity index (χ1) is 18.9. The van der Waals surface area contributed by atoms with Crippen LogP contribution in [0.5, 0.6) is 0 Å².